The van der Waals surface area contributed by atoms with Gasteiger partial charge in [0.15, 0.2) is 0 Å². The summed E-state index contributed by atoms with van der Waals surface area (Å²) in [5, 5.41) is 19.9. The summed E-state index contributed by atoms with van der Waals surface area (Å²) < 4.78 is 0. The second-order valence-electron chi connectivity index (χ2n) is 6.52. The van der Waals surface area contributed by atoms with E-state index < -0.39 is 6.04 Å². The van der Waals surface area contributed by atoms with Crippen LogP contribution in [0.3, 0.4) is 0 Å². The number of halogens is 1. The van der Waals surface area contributed by atoms with Crippen molar-refractivity contribution in [1.82, 2.24) is 5.43 Å². The fraction of sp³-hybridized carbons (Fsp3) is 0.182. The van der Waals surface area contributed by atoms with Crippen molar-refractivity contribution in [2.24, 2.45) is 5.10 Å². The van der Waals surface area contributed by atoms with Gasteiger partial charge in [-0.15, -0.1) is 0 Å². The minimum absolute atomic E-state index is 0.110. The van der Waals surface area contributed by atoms with Crippen molar-refractivity contribution in [3.05, 3.63) is 70.7 Å². The van der Waals surface area contributed by atoms with Crippen molar-refractivity contribution in [3.8, 4) is 5.75 Å². The first-order valence-electron chi connectivity index (χ1n) is 9.06. The largest absolute Gasteiger partial charge is 0.507 e. The molecule has 0 aliphatic heterocycles. The Bertz CT molecular complexity index is 1030. The number of nitrogens with one attached hydrogen (secondary N) is 2. The number of fused-ring (bicyclic) bond motifs is 1. The fourth-order valence-electron chi connectivity index (χ4n) is 2.99. The summed E-state index contributed by atoms with van der Waals surface area (Å²) in [4.78, 5) is 12.5. The van der Waals surface area contributed by atoms with Gasteiger partial charge >= 0.3 is 0 Å². The number of benzene rings is 3. The smallest absolute Gasteiger partial charge is 0.262 e. The molecule has 3 N–H and O–H groups in total. The van der Waals surface area contributed by atoms with Gasteiger partial charge in [0, 0.05) is 16.3 Å². The average Bonchev–Trinajstić information content (AvgIpc) is 2.69. The van der Waals surface area contributed by atoms with E-state index in [4.69, 9.17) is 11.6 Å². The van der Waals surface area contributed by atoms with Crippen LogP contribution in [0.25, 0.3) is 10.8 Å². The highest BCUT2D eigenvalue weighted by atomic mass is 35.5. The molecule has 3 aromatic carbocycles. The number of nitrogens with zero attached hydrogens (tertiary/aromatic N) is 1. The zero-order valence-corrected chi connectivity index (χ0v) is 16.5. The highest BCUT2D eigenvalue weighted by molar-refractivity contribution is 6.30. The number of aromatic hydroxyl groups is 1. The van der Waals surface area contributed by atoms with Crippen molar-refractivity contribution < 1.29 is 9.90 Å². The molecule has 0 aromatic heterocycles. The lowest BCUT2D eigenvalue weighted by atomic mass is 10.0. The van der Waals surface area contributed by atoms with Crippen LogP contribution in [0.1, 0.15) is 24.5 Å². The molecule has 5 nitrogen and oxygen atoms in total. The van der Waals surface area contributed by atoms with E-state index in [2.05, 4.69) is 15.8 Å². The number of hydrazone groups is 1. The van der Waals surface area contributed by atoms with Crippen molar-refractivity contribution in [3.63, 3.8) is 0 Å². The molecule has 0 unspecified atom stereocenters. The standard InChI is InChI=1S/C22H22ClN3O2/c1-3-19(25-20-10-9-16(23)12-14(20)2)22(28)26-24-13-18-17-7-5-4-6-15(17)8-11-21(18)27/h4-13,19,25,27H,3H2,1-2H3,(H,26,28)/b24-13+/t19-/m1/s1. The molecule has 6 heteroatoms. The van der Waals surface area contributed by atoms with Crippen LogP contribution in [0, 0.1) is 6.92 Å². The summed E-state index contributed by atoms with van der Waals surface area (Å²) in [6, 6.07) is 16.2. The second-order valence-corrected chi connectivity index (χ2v) is 6.95. The maximum Gasteiger partial charge on any atom is 0.262 e. The third kappa shape index (κ3) is 4.43. The Hall–Kier alpha value is -3.05. The molecular weight excluding hydrogens is 374 g/mol. The minimum Gasteiger partial charge on any atom is -0.507 e. The first kappa shape index (κ1) is 19.7. The number of hydrogen-bond acceptors (Lipinski definition) is 4. The summed E-state index contributed by atoms with van der Waals surface area (Å²) in [5.41, 5.74) is 4.93. The van der Waals surface area contributed by atoms with Gasteiger partial charge in [-0.25, -0.2) is 5.43 Å². The van der Waals surface area contributed by atoms with Crippen LogP contribution in [-0.4, -0.2) is 23.3 Å². The van der Waals surface area contributed by atoms with E-state index in [0.717, 1.165) is 22.0 Å². The molecule has 28 heavy (non-hydrogen) atoms. The molecule has 3 aromatic rings. The molecule has 0 fully saturated rings. The second kappa shape index (κ2) is 8.76. The van der Waals surface area contributed by atoms with Crippen LogP contribution in [0.15, 0.2) is 59.7 Å². The maximum absolute atomic E-state index is 12.5. The van der Waals surface area contributed by atoms with Crippen molar-refractivity contribution in [2.45, 2.75) is 26.3 Å². The van der Waals surface area contributed by atoms with Gasteiger partial charge in [-0.1, -0.05) is 48.9 Å². The zero-order chi connectivity index (χ0) is 20.1. The number of rotatable bonds is 6. The molecule has 0 aliphatic carbocycles. The molecule has 3 rings (SSSR count). The van der Waals surface area contributed by atoms with Crippen LogP contribution in [0.4, 0.5) is 5.69 Å². The van der Waals surface area contributed by atoms with Gasteiger partial charge in [0.25, 0.3) is 5.91 Å². The SMILES string of the molecule is CC[C@@H](Nc1ccc(Cl)cc1C)C(=O)N/N=C/c1c(O)ccc2ccccc12. The summed E-state index contributed by atoms with van der Waals surface area (Å²) in [6.45, 7) is 3.85. The number of carbonyl (C=O) groups excluding carboxylic acids is 1. The normalized spacial score (nSPS) is 12.2. The third-order valence-corrected chi connectivity index (χ3v) is 4.79. The molecular formula is C22H22ClN3O2. The fourth-order valence-corrected chi connectivity index (χ4v) is 3.21. The number of anilines is 1. The third-order valence-electron chi connectivity index (χ3n) is 4.56. The van der Waals surface area contributed by atoms with Gasteiger partial charge in [-0.05, 0) is 53.9 Å². The van der Waals surface area contributed by atoms with Crippen LogP contribution in [0.2, 0.25) is 5.02 Å². The number of aryl methyl sites for hydroxylation is 1. The van der Waals surface area contributed by atoms with E-state index in [0.29, 0.717) is 17.0 Å². The molecule has 0 saturated carbocycles. The number of phenols is 1. The first-order valence-corrected chi connectivity index (χ1v) is 9.43. The molecule has 0 bridgehead atoms. The summed E-state index contributed by atoms with van der Waals surface area (Å²) >= 11 is 5.98. The topological polar surface area (TPSA) is 73.7 Å². The van der Waals surface area contributed by atoms with E-state index >= 15 is 0 Å². The van der Waals surface area contributed by atoms with Crippen LogP contribution < -0.4 is 10.7 Å². The minimum atomic E-state index is -0.446. The molecule has 1 atom stereocenters. The Morgan fingerprint density at radius 3 is 2.75 bits per heavy atom. The van der Waals surface area contributed by atoms with Crippen molar-refractivity contribution in [2.75, 3.05) is 5.32 Å². The molecule has 0 saturated heterocycles. The van der Waals surface area contributed by atoms with Gasteiger partial charge in [-0.3, -0.25) is 4.79 Å². The highest BCUT2D eigenvalue weighted by Crippen LogP contribution is 2.25. The van der Waals surface area contributed by atoms with E-state index in [1.165, 1.54) is 6.21 Å². The lowest BCUT2D eigenvalue weighted by Gasteiger charge is -2.18. The Kier molecular flexibility index (Phi) is 6.16. The molecule has 0 aliphatic rings. The molecule has 1 amide bonds. The number of amides is 1. The molecule has 0 spiro atoms. The highest BCUT2D eigenvalue weighted by Gasteiger charge is 2.16. The Morgan fingerprint density at radius 1 is 1.21 bits per heavy atom. The number of hydrogen-bond donors (Lipinski definition) is 3. The van der Waals surface area contributed by atoms with E-state index in [1.807, 2.05) is 56.3 Å². The Labute approximate surface area is 169 Å². The van der Waals surface area contributed by atoms with E-state index in [-0.39, 0.29) is 11.7 Å². The number of carbonyl (C=O) groups is 1. The summed E-state index contributed by atoms with van der Waals surface area (Å²) in [7, 11) is 0. The zero-order valence-electron chi connectivity index (χ0n) is 15.7. The van der Waals surface area contributed by atoms with Gasteiger partial charge in [0.1, 0.15) is 11.8 Å². The predicted molar refractivity (Wildman–Crippen MR) is 115 cm³/mol. The van der Waals surface area contributed by atoms with Crippen LogP contribution in [0.5, 0.6) is 5.75 Å². The van der Waals surface area contributed by atoms with Crippen molar-refractivity contribution >= 4 is 40.2 Å². The lowest BCUT2D eigenvalue weighted by Crippen LogP contribution is -2.37. The predicted octanol–water partition coefficient (Wildman–Crippen LogP) is 4.85. The Balaban J connectivity index is 1.73. The van der Waals surface area contributed by atoms with Crippen molar-refractivity contribution in [1.29, 1.82) is 0 Å². The Morgan fingerprint density at radius 2 is 2.00 bits per heavy atom. The van der Waals surface area contributed by atoms with Crippen LogP contribution in [-0.2, 0) is 4.79 Å². The van der Waals surface area contributed by atoms with E-state index in [1.54, 1.807) is 12.1 Å². The monoisotopic (exact) mass is 395 g/mol. The molecule has 144 valence electrons. The van der Waals surface area contributed by atoms with Gasteiger partial charge < -0.3 is 10.4 Å². The van der Waals surface area contributed by atoms with Gasteiger partial charge in [0.2, 0.25) is 0 Å². The molecule has 0 heterocycles. The van der Waals surface area contributed by atoms with Gasteiger partial charge in [-0.2, -0.15) is 5.10 Å². The quantitative estimate of drug-likeness (QED) is 0.412. The van der Waals surface area contributed by atoms with Crippen LogP contribution >= 0.6 is 11.6 Å². The summed E-state index contributed by atoms with van der Waals surface area (Å²) in [6.07, 6.45) is 2.05. The lowest BCUT2D eigenvalue weighted by molar-refractivity contribution is -0.121. The molecule has 0 radical (unpaired) electrons. The van der Waals surface area contributed by atoms with Gasteiger partial charge in [0.05, 0.1) is 6.21 Å². The maximum atomic E-state index is 12.5. The summed E-state index contributed by atoms with van der Waals surface area (Å²) in [5.74, 6) is -0.147. The number of phenolic OH excluding ortho intramolecular Hbond substituents is 1. The van der Waals surface area contributed by atoms with E-state index in [9.17, 15) is 9.90 Å². The first-order chi connectivity index (χ1) is 13.5. The average molecular weight is 396 g/mol.